The number of nitrogens with zero attached hydrogens (tertiary/aromatic N) is 1. The molecule has 0 radical (unpaired) electrons. The first-order valence-electron chi connectivity index (χ1n) is 7.75. The first-order chi connectivity index (χ1) is 11.0. The smallest absolute Gasteiger partial charge is 0.237 e. The van der Waals surface area contributed by atoms with E-state index in [-0.39, 0.29) is 5.91 Å². The summed E-state index contributed by atoms with van der Waals surface area (Å²) in [6.45, 7) is 4.57. The fourth-order valence-corrected chi connectivity index (χ4v) is 3.41. The van der Waals surface area contributed by atoms with Gasteiger partial charge in [0, 0.05) is 17.8 Å². The number of halogens is 1. The van der Waals surface area contributed by atoms with Gasteiger partial charge in [-0.25, -0.2) is 0 Å². The van der Waals surface area contributed by atoms with Gasteiger partial charge in [0.05, 0.1) is 12.0 Å². The maximum absolute atomic E-state index is 12.9. The molecule has 0 bridgehead atoms. The van der Waals surface area contributed by atoms with Gasteiger partial charge in [-0.15, -0.1) is 0 Å². The third-order valence-electron chi connectivity index (χ3n) is 4.48. The Morgan fingerprint density at radius 1 is 1.17 bits per heavy atom. The topological polar surface area (TPSA) is 29.5 Å². The molecule has 2 aromatic carbocycles. The van der Waals surface area contributed by atoms with Gasteiger partial charge in [-0.1, -0.05) is 23.7 Å². The number of amides is 1. The molecule has 0 fully saturated rings. The standard InChI is InChI=1S/C19H20ClNO2/c1-4-23-15-9-10-17-16(11-15)19(2,18(22)21(17)3)12-13-5-7-14(20)8-6-13/h5-11H,4,12H2,1-3H3. The molecule has 1 atom stereocenters. The van der Waals surface area contributed by atoms with Crippen molar-refractivity contribution in [1.29, 1.82) is 0 Å². The van der Waals surface area contributed by atoms with Gasteiger partial charge in [0.1, 0.15) is 5.75 Å². The molecule has 1 aliphatic rings. The highest BCUT2D eigenvalue weighted by molar-refractivity contribution is 6.30. The molecule has 1 aliphatic heterocycles. The van der Waals surface area contributed by atoms with E-state index in [9.17, 15) is 4.79 Å². The molecule has 23 heavy (non-hydrogen) atoms. The van der Waals surface area contributed by atoms with Crippen LogP contribution in [0.1, 0.15) is 25.0 Å². The van der Waals surface area contributed by atoms with Crippen molar-refractivity contribution in [3.63, 3.8) is 0 Å². The quantitative estimate of drug-likeness (QED) is 0.840. The maximum atomic E-state index is 12.9. The molecule has 1 amide bonds. The molecule has 0 aromatic heterocycles. The average Bonchev–Trinajstić information content (AvgIpc) is 2.72. The Bertz CT molecular complexity index is 742. The molecule has 1 heterocycles. The van der Waals surface area contributed by atoms with E-state index in [0.717, 1.165) is 22.6 Å². The Morgan fingerprint density at radius 3 is 2.52 bits per heavy atom. The molecule has 4 heteroatoms. The second-order valence-corrected chi connectivity index (χ2v) is 6.55. The molecule has 3 nitrogen and oxygen atoms in total. The number of carbonyl (C=O) groups is 1. The van der Waals surface area contributed by atoms with E-state index in [0.29, 0.717) is 18.1 Å². The normalized spacial score (nSPS) is 19.8. The number of anilines is 1. The van der Waals surface area contributed by atoms with Crippen LogP contribution in [0.2, 0.25) is 5.02 Å². The number of likely N-dealkylation sites (N-methyl/N-ethyl adjacent to an activating group) is 1. The highest BCUT2D eigenvalue weighted by Gasteiger charge is 2.46. The van der Waals surface area contributed by atoms with E-state index in [1.807, 2.05) is 63.4 Å². The van der Waals surface area contributed by atoms with Gasteiger partial charge in [0.25, 0.3) is 0 Å². The molecule has 2 aromatic rings. The van der Waals surface area contributed by atoms with Gasteiger partial charge in [0.15, 0.2) is 0 Å². The SMILES string of the molecule is CCOc1ccc2c(c1)C(C)(Cc1ccc(Cl)cc1)C(=O)N2C. The zero-order valence-corrected chi connectivity index (χ0v) is 14.4. The van der Waals surface area contributed by atoms with E-state index in [4.69, 9.17) is 16.3 Å². The van der Waals surface area contributed by atoms with Crippen LogP contribution in [-0.2, 0) is 16.6 Å². The summed E-state index contributed by atoms with van der Waals surface area (Å²) in [5.74, 6) is 0.910. The number of ether oxygens (including phenoxy) is 1. The third-order valence-corrected chi connectivity index (χ3v) is 4.73. The average molecular weight is 330 g/mol. The molecule has 3 rings (SSSR count). The molecule has 120 valence electrons. The van der Waals surface area contributed by atoms with E-state index < -0.39 is 5.41 Å². The van der Waals surface area contributed by atoms with Crippen LogP contribution in [0.25, 0.3) is 0 Å². The van der Waals surface area contributed by atoms with E-state index in [2.05, 4.69) is 0 Å². The molecular formula is C19H20ClNO2. The third kappa shape index (κ3) is 2.70. The van der Waals surface area contributed by atoms with Crippen LogP contribution in [0.3, 0.4) is 0 Å². The zero-order chi connectivity index (χ0) is 16.6. The second kappa shape index (κ2) is 5.89. The molecule has 0 saturated carbocycles. The van der Waals surface area contributed by atoms with Crippen molar-refractivity contribution < 1.29 is 9.53 Å². The first-order valence-corrected chi connectivity index (χ1v) is 8.13. The fraction of sp³-hybridized carbons (Fsp3) is 0.316. The molecule has 1 unspecified atom stereocenters. The van der Waals surface area contributed by atoms with E-state index >= 15 is 0 Å². The van der Waals surface area contributed by atoms with Crippen molar-refractivity contribution in [2.45, 2.75) is 25.7 Å². The highest BCUT2D eigenvalue weighted by Crippen LogP contribution is 2.44. The molecule has 0 aliphatic carbocycles. The van der Waals surface area contributed by atoms with E-state index in [1.165, 1.54) is 0 Å². The zero-order valence-electron chi connectivity index (χ0n) is 13.6. The van der Waals surface area contributed by atoms with Crippen LogP contribution in [0.5, 0.6) is 5.75 Å². The summed E-state index contributed by atoms with van der Waals surface area (Å²) in [6.07, 6.45) is 0.635. The number of fused-ring (bicyclic) bond motifs is 1. The van der Waals surface area contributed by atoms with Gasteiger partial charge < -0.3 is 9.64 Å². The number of carbonyl (C=O) groups excluding carboxylic acids is 1. The van der Waals surface area contributed by atoms with Crippen LogP contribution in [0.4, 0.5) is 5.69 Å². The Kier molecular flexibility index (Phi) is 4.07. The molecule has 0 saturated heterocycles. The number of hydrogen-bond donors (Lipinski definition) is 0. The minimum atomic E-state index is -0.592. The lowest BCUT2D eigenvalue weighted by Gasteiger charge is -2.23. The second-order valence-electron chi connectivity index (χ2n) is 6.11. The monoisotopic (exact) mass is 329 g/mol. The summed E-state index contributed by atoms with van der Waals surface area (Å²) in [5.41, 5.74) is 2.47. The summed E-state index contributed by atoms with van der Waals surface area (Å²) in [5, 5.41) is 0.702. The van der Waals surface area contributed by atoms with Crippen LogP contribution < -0.4 is 9.64 Å². The van der Waals surface area contributed by atoms with E-state index in [1.54, 1.807) is 4.90 Å². The van der Waals surface area contributed by atoms with Crippen LogP contribution in [-0.4, -0.2) is 19.6 Å². The van der Waals surface area contributed by atoms with Crippen LogP contribution >= 0.6 is 11.6 Å². The lowest BCUT2D eigenvalue weighted by molar-refractivity contribution is -0.122. The van der Waals surface area contributed by atoms with Crippen molar-refractivity contribution in [3.05, 3.63) is 58.6 Å². The lowest BCUT2D eigenvalue weighted by atomic mass is 9.78. The highest BCUT2D eigenvalue weighted by atomic mass is 35.5. The van der Waals surface area contributed by atoms with Crippen molar-refractivity contribution in [2.75, 3.05) is 18.6 Å². The minimum absolute atomic E-state index is 0.107. The van der Waals surface area contributed by atoms with Gasteiger partial charge in [0.2, 0.25) is 5.91 Å². The van der Waals surface area contributed by atoms with Gasteiger partial charge in [-0.3, -0.25) is 4.79 Å². The Morgan fingerprint density at radius 2 is 1.87 bits per heavy atom. The fourth-order valence-electron chi connectivity index (χ4n) is 3.28. The number of rotatable bonds is 4. The van der Waals surface area contributed by atoms with Crippen LogP contribution in [0, 0.1) is 0 Å². The predicted molar refractivity (Wildman–Crippen MR) is 93.5 cm³/mol. The van der Waals surface area contributed by atoms with Gasteiger partial charge in [-0.2, -0.15) is 0 Å². The Balaban J connectivity index is 2.03. The van der Waals surface area contributed by atoms with Crippen molar-refractivity contribution >= 4 is 23.2 Å². The van der Waals surface area contributed by atoms with Gasteiger partial charge in [-0.05, 0) is 61.7 Å². The Hall–Kier alpha value is -2.00. The minimum Gasteiger partial charge on any atom is -0.494 e. The molecule has 0 spiro atoms. The summed E-state index contributed by atoms with van der Waals surface area (Å²) in [7, 11) is 1.83. The summed E-state index contributed by atoms with van der Waals surface area (Å²) >= 11 is 5.96. The van der Waals surface area contributed by atoms with Gasteiger partial charge >= 0.3 is 0 Å². The van der Waals surface area contributed by atoms with Crippen LogP contribution in [0.15, 0.2) is 42.5 Å². The largest absolute Gasteiger partial charge is 0.494 e. The number of hydrogen-bond acceptors (Lipinski definition) is 2. The Labute approximate surface area is 141 Å². The van der Waals surface area contributed by atoms with Crippen molar-refractivity contribution in [2.24, 2.45) is 0 Å². The lowest BCUT2D eigenvalue weighted by Crippen LogP contribution is -2.37. The predicted octanol–water partition coefficient (Wildman–Crippen LogP) is 4.22. The molecule has 0 N–H and O–H groups in total. The number of benzene rings is 2. The molecular weight excluding hydrogens is 310 g/mol. The maximum Gasteiger partial charge on any atom is 0.237 e. The first kappa shape index (κ1) is 15.9. The van der Waals surface area contributed by atoms with Crippen molar-refractivity contribution in [3.8, 4) is 5.75 Å². The van der Waals surface area contributed by atoms with Crippen molar-refractivity contribution in [1.82, 2.24) is 0 Å². The summed E-state index contributed by atoms with van der Waals surface area (Å²) in [6, 6.07) is 13.6. The summed E-state index contributed by atoms with van der Waals surface area (Å²) in [4.78, 5) is 14.6. The summed E-state index contributed by atoms with van der Waals surface area (Å²) < 4.78 is 5.61.